The van der Waals surface area contributed by atoms with Gasteiger partial charge in [-0.15, -0.1) is 0 Å². The number of carbonyl (C=O) groups is 1. The molecule has 1 aliphatic carbocycles. The van der Waals surface area contributed by atoms with Crippen LogP contribution in [0.3, 0.4) is 0 Å². The van der Waals surface area contributed by atoms with E-state index < -0.39 is 30.2 Å². The predicted octanol–water partition coefficient (Wildman–Crippen LogP) is 3.71. The molecule has 0 spiro atoms. The van der Waals surface area contributed by atoms with E-state index in [-0.39, 0.29) is 12.5 Å². The molecular formula is C22H20F3N3O3. The zero-order valence-corrected chi connectivity index (χ0v) is 16.6. The van der Waals surface area contributed by atoms with E-state index in [9.17, 15) is 23.1 Å². The number of carbonyl (C=O) groups excluding carboxylic acids is 1. The van der Waals surface area contributed by atoms with Crippen LogP contribution in [0.25, 0.3) is 11.1 Å². The van der Waals surface area contributed by atoms with Gasteiger partial charge in [-0.3, -0.25) is 0 Å². The van der Waals surface area contributed by atoms with Crippen LogP contribution in [-0.2, 0) is 17.4 Å². The maximum Gasteiger partial charge on any atom is 0.426 e. The first-order chi connectivity index (χ1) is 14.7. The zero-order chi connectivity index (χ0) is 22.2. The second-order valence-electron chi connectivity index (χ2n) is 7.40. The van der Waals surface area contributed by atoms with Gasteiger partial charge in [-0.1, -0.05) is 48.5 Å². The molecule has 9 heteroatoms. The zero-order valence-electron chi connectivity index (χ0n) is 16.6. The van der Waals surface area contributed by atoms with Gasteiger partial charge in [-0.2, -0.15) is 13.2 Å². The maximum absolute atomic E-state index is 13.6. The van der Waals surface area contributed by atoms with Crippen LogP contribution in [0.15, 0.2) is 60.9 Å². The lowest BCUT2D eigenvalue weighted by molar-refractivity contribution is -0.267. The number of aliphatic hydroxyl groups is 1. The summed E-state index contributed by atoms with van der Waals surface area (Å²) in [6, 6.07) is 15.4. The molecule has 0 radical (unpaired) electrons. The highest BCUT2D eigenvalue weighted by molar-refractivity contribution is 5.79. The second-order valence-corrected chi connectivity index (χ2v) is 7.40. The van der Waals surface area contributed by atoms with Crippen LogP contribution >= 0.6 is 0 Å². The number of fused-ring (bicyclic) bond motifs is 3. The van der Waals surface area contributed by atoms with Gasteiger partial charge in [0.15, 0.2) is 5.82 Å². The largest absolute Gasteiger partial charge is 0.449 e. The van der Waals surface area contributed by atoms with Crippen LogP contribution in [0.4, 0.5) is 18.0 Å². The second kappa shape index (κ2) is 7.73. The third-order valence-electron chi connectivity index (χ3n) is 5.49. The Hall–Kier alpha value is -3.33. The quantitative estimate of drug-likeness (QED) is 0.646. The summed E-state index contributed by atoms with van der Waals surface area (Å²) in [4.78, 5) is 15.8. The van der Waals surface area contributed by atoms with Crippen LogP contribution in [0, 0.1) is 0 Å². The molecule has 0 saturated heterocycles. The lowest BCUT2D eigenvalue weighted by Crippen LogP contribution is -2.52. The Labute approximate surface area is 176 Å². The number of hydrogen-bond donors (Lipinski definition) is 2. The molecule has 4 rings (SSSR count). The van der Waals surface area contributed by atoms with Gasteiger partial charge in [0.25, 0.3) is 0 Å². The van der Waals surface area contributed by atoms with E-state index >= 15 is 0 Å². The first-order valence-corrected chi connectivity index (χ1v) is 9.58. The molecule has 1 unspecified atom stereocenters. The fraction of sp³-hybridized carbons (Fsp3) is 0.273. The summed E-state index contributed by atoms with van der Waals surface area (Å²) in [6.07, 6.45) is -3.69. The number of ether oxygens (including phenoxy) is 1. The number of nitrogens with zero attached hydrogens (tertiary/aromatic N) is 2. The van der Waals surface area contributed by atoms with Gasteiger partial charge in [0.1, 0.15) is 6.61 Å². The smallest absolute Gasteiger partial charge is 0.426 e. The average molecular weight is 431 g/mol. The summed E-state index contributed by atoms with van der Waals surface area (Å²) < 4.78 is 47.0. The SMILES string of the molecule is Cn1ccnc1C(O)(CNC(=O)OCC1c2ccccc2-c2ccccc21)C(F)(F)F. The van der Waals surface area contributed by atoms with Crippen LogP contribution in [0.1, 0.15) is 22.9 Å². The molecule has 1 atom stereocenters. The highest BCUT2D eigenvalue weighted by atomic mass is 19.4. The first-order valence-electron chi connectivity index (χ1n) is 9.58. The molecule has 2 aromatic carbocycles. The molecule has 2 N–H and O–H groups in total. The Balaban J connectivity index is 1.46. The summed E-state index contributed by atoms with van der Waals surface area (Å²) in [5, 5.41) is 12.3. The standard InChI is InChI=1S/C22H20F3N3O3/c1-28-11-10-26-19(28)21(30,22(23,24)25)13-27-20(29)31-12-18-16-8-4-2-6-14(16)15-7-3-5-9-17(15)18/h2-11,18,30H,12-13H2,1H3,(H,27,29). The molecule has 0 saturated carbocycles. The number of aromatic nitrogens is 2. The molecule has 162 valence electrons. The summed E-state index contributed by atoms with van der Waals surface area (Å²) in [5.41, 5.74) is 0.686. The van der Waals surface area contributed by atoms with E-state index in [0.29, 0.717) is 0 Å². The number of halogens is 3. The third kappa shape index (κ3) is 3.65. The minimum absolute atomic E-state index is 0.0489. The Morgan fingerprint density at radius 3 is 2.23 bits per heavy atom. The minimum Gasteiger partial charge on any atom is -0.449 e. The topological polar surface area (TPSA) is 76.4 Å². The first kappa shape index (κ1) is 20.9. The predicted molar refractivity (Wildman–Crippen MR) is 106 cm³/mol. The normalized spacial score (nSPS) is 15.1. The van der Waals surface area contributed by atoms with E-state index in [0.717, 1.165) is 33.0 Å². The van der Waals surface area contributed by atoms with E-state index in [4.69, 9.17) is 4.74 Å². The van der Waals surface area contributed by atoms with Gasteiger partial charge in [0.2, 0.25) is 5.60 Å². The summed E-state index contributed by atoms with van der Waals surface area (Å²) >= 11 is 0. The Kier molecular flexibility index (Phi) is 5.22. The van der Waals surface area contributed by atoms with Crippen molar-refractivity contribution in [3.8, 4) is 11.1 Å². The molecule has 1 aromatic heterocycles. The molecule has 1 heterocycles. The van der Waals surface area contributed by atoms with Crippen molar-refractivity contribution >= 4 is 6.09 Å². The van der Waals surface area contributed by atoms with Crippen molar-refractivity contribution in [3.63, 3.8) is 0 Å². The van der Waals surface area contributed by atoms with Crippen molar-refractivity contribution in [2.75, 3.05) is 13.2 Å². The number of nitrogens with one attached hydrogen (secondary N) is 1. The van der Waals surface area contributed by atoms with Gasteiger partial charge in [0, 0.05) is 25.4 Å². The number of rotatable bonds is 5. The van der Waals surface area contributed by atoms with Crippen molar-refractivity contribution < 1.29 is 27.8 Å². The van der Waals surface area contributed by atoms with E-state index in [1.165, 1.54) is 13.2 Å². The van der Waals surface area contributed by atoms with Crippen molar-refractivity contribution in [3.05, 3.63) is 77.9 Å². The Morgan fingerprint density at radius 1 is 1.13 bits per heavy atom. The minimum atomic E-state index is -5.05. The molecule has 6 nitrogen and oxygen atoms in total. The van der Waals surface area contributed by atoms with Crippen molar-refractivity contribution in [2.24, 2.45) is 7.05 Å². The highest BCUT2D eigenvalue weighted by Gasteiger charge is 2.57. The number of benzene rings is 2. The average Bonchev–Trinajstić information content (AvgIpc) is 3.31. The maximum atomic E-state index is 13.6. The van der Waals surface area contributed by atoms with Gasteiger partial charge in [0.05, 0.1) is 6.54 Å². The van der Waals surface area contributed by atoms with Gasteiger partial charge in [-0.05, 0) is 22.3 Å². The lowest BCUT2D eigenvalue weighted by Gasteiger charge is -2.29. The number of imidazole rings is 1. The number of hydrogen-bond acceptors (Lipinski definition) is 4. The summed E-state index contributed by atoms with van der Waals surface area (Å²) in [5.74, 6) is -0.854. The van der Waals surface area contributed by atoms with Crippen molar-refractivity contribution in [2.45, 2.75) is 17.7 Å². The molecule has 31 heavy (non-hydrogen) atoms. The van der Waals surface area contributed by atoms with Crippen LogP contribution in [0.2, 0.25) is 0 Å². The number of alkyl carbamates (subject to hydrolysis) is 1. The van der Waals surface area contributed by atoms with E-state index in [2.05, 4.69) is 4.98 Å². The number of aryl methyl sites for hydroxylation is 1. The fourth-order valence-electron chi connectivity index (χ4n) is 3.92. The van der Waals surface area contributed by atoms with Gasteiger partial charge in [-0.25, -0.2) is 9.78 Å². The Morgan fingerprint density at radius 2 is 1.71 bits per heavy atom. The highest BCUT2D eigenvalue weighted by Crippen LogP contribution is 2.44. The molecule has 1 amide bonds. The molecular weight excluding hydrogens is 411 g/mol. The Bertz CT molecular complexity index is 1070. The summed E-state index contributed by atoms with van der Waals surface area (Å²) in [7, 11) is 1.33. The van der Waals surface area contributed by atoms with Crippen LogP contribution in [-0.4, -0.2) is 40.1 Å². The summed E-state index contributed by atoms with van der Waals surface area (Å²) in [6.45, 7) is -1.18. The molecule has 0 fully saturated rings. The molecule has 0 aliphatic heterocycles. The fourth-order valence-corrected chi connectivity index (χ4v) is 3.92. The van der Waals surface area contributed by atoms with E-state index in [1.807, 2.05) is 53.8 Å². The molecule has 1 aliphatic rings. The lowest BCUT2D eigenvalue weighted by atomic mass is 9.98. The van der Waals surface area contributed by atoms with E-state index in [1.54, 1.807) is 0 Å². The molecule has 3 aromatic rings. The van der Waals surface area contributed by atoms with Crippen molar-refractivity contribution in [1.29, 1.82) is 0 Å². The van der Waals surface area contributed by atoms with Gasteiger partial charge >= 0.3 is 12.3 Å². The number of amides is 1. The van der Waals surface area contributed by atoms with Gasteiger partial charge < -0.3 is 19.7 Å². The monoisotopic (exact) mass is 431 g/mol. The van der Waals surface area contributed by atoms with Crippen LogP contribution < -0.4 is 5.32 Å². The number of alkyl halides is 3. The van der Waals surface area contributed by atoms with Crippen molar-refractivity contribution in [1.82, 2.24) is 14.9 Å². The van der Waals surface area contributed by atoms with Crippen LogP contribution in [0.5, 0.6) is 0 Å². The molecule has 0 bridgehead atoms. The third-order valence-corrected chi connectivity index (χ3v) is 5.49.